The summed E-state index contributed by atoms with van der Waals surface area (Å²) in [6.07, 6.45) is 1.67. The first-order valence-electron chi connectivity index (χ1n) is 10.2. The first kappa shape index (κ1) is 23.0. The molecular formula is C25H24FNO5. The van der Waals surface area contributed by atoms with E-state index in [1.54, 1.807) is 30.3 Å². The van der Waals surface area contributed by atoms with Crippen molar-refractivity contribution in [3.63, 3.8) is 0 Å². The zero-order valence-electron chi connectivity index (χ0n) is 17.9. The average Bonchev–Trinajstić information content (AvgIpc) is 3.35. The number of nitrogens with zero attached hydrogens (tertiary/aromatic N) is 1. The van der Waals surface area contributed by atoms with Crippen molar-refractivity contribution in [1.29, 1.82) is 5.26 Å². The Morgan fingerprint density at radius 2 is 1.88 bits per heavy atom. The Morgan fingerprint density at radius 3 is 2.56 bits per heavy atom. The van der Waals surface area contributed by atoms with Crippen molar-refractivity contribution < 1.29 is 28.2 Å². The summed E-state index contributed by atoms with van der Waals surface area (Å²) in [6.45, 7) is 2.68. The van der Waals surface area contributed by atoms with Gasteiger partial charge in [-0.1, -0.05) is 50.3 Å². The van der Waals surface area contributed by atoms with E-state index in [1.807, 2.05) is 50.2 Å². The number of benzene rings is 2. The molecule has 1 saturated carbocycles. The standard InChI is InChI=1S/C25H24FNO5/c1-25(2)20(11-12-22(28)30-14-13-26)23(25)24(29)32-21(16-27)17-7-6-10-19(15-17)31-18-8-4-3-5-9-18/h3-12,15,20-21,23H,13-14H2,1-2H3/t20-,21-,23-/m0/s1. The van der Waals surface area contributed by atoms with Crippen LogP contribution in [0, 0.1) is 28.6 Å². The number of alkyl halides is 1. The van der Waals surface area contributed by atoms with Crippen LogP contribution in [0.1, 0.15) is 25.5 Å². The van der Waals surface area contributed by atoms with Crippen LogP contribution in [0.5, 0.6) is 11.5 Å². The average molecular weight is 437 g/mol. The maximum atomic E-state index is 12.8. The lowest BCUT2D eigenvalue weighted by molar-refractivity contribution is -0.149. The minimum Gasteiger partial charge on any atom is -0.460 e. The third kappa shape index (κ3) is 5.52. The molecule has 32 heavy (non-hydrogen) atoms. The van der Waals surface area contributed by atoms with E-state index < -0.39 is 36.1 Å². The molecule has 3 rings (SSSR count). The number of hydrogen-bond acceptors (Lipinski definition) is 6. The van der Waals surface area contributed by atoms with Crippen LogP contribution in [0.3, 0.4) is 0 Å². The maximum absolute atomic E-state index is 12.8. The van der Waals surface area contributed by atoms with Crippen molar-refractivity contribution in [2.45, 2.75) is 20.0 Å². The molecule has 0 amide bonds. The summed E-state index contributed by atoms with van der Waals surface area (Å²) in [7, 11) is 0. The van der Waals surface area contributed by atoms with Crippen molar-refractivity contribution in [3.05, 3.63) is 72.3 Å². The largest absolute Gasteiger partial charge is 0.460 e. The second-order valence-electron chi connectivity index (χ2n) is 7.97. The highest BCUT2D eigenvalue weighted by Crippen LogP contribution is 2.59. The number of rotatable bonds is 9. The summed E-state index contributed by atoms with van der Waals surface area (Å²) >= 11 is 0. The Hall–Kier alpha value is -3.66. The quantitative estimate of drug-likeness (QED) is 0.409. The molecule has 3 atom stereocenters. The topological polar surface area (TPSA) is 85.6 Å². The smallest absolute Gasteiger partial charge is 0.330 e. The van der Waals surface area contributed by atoms with Gasteiger partial charge in [0.25, 0.3) is 0 Å². The Morgan fingerprint density at radius 1 is 1.16 bits per heavy atom. The zero-order valence-corrected chi connectivity index (χ0v) is 17.9. The van der Waals surface area contributed by atoms with Crippen molar-refractivity contribution in [2.75, 3.05) is 13.3 Å². The van der Waals surface area contributed by atoms with Gasteiger partial charge in [0.1, 0.15) is 30.8 Å². The number of carbonyl (C=O) groups excluding carboxylic acids is 2. The van der Waals surface area contributed by atoms with Gasteiger partial charge in [-0.05, 0) is 35.6 Å². The minimum atomic E-state index is -1.10. The minimum absolute atomic E-state index is 0.250. The second-order valence-corrected chi connectivity index (χ2v) is 7.97. The lowest BCUT2D eigenvalue weighted by atomic mass is 10.1. The lowest BCUT2D eigenvalue weighted by Crippen LogP contribution is -2.14. The Balaban J connectivity index is 1.65. The molecule has 166 valence electrons. The van der Waals surface area contributed by atoms with E-state index in [0.29, 0.717) is 17.1 Å². The SMILES string of the molecule is CC1(C)[C@H](C(=O)O[C@@H](C#N)c2cccc(Oc3ccccc3)c2)[C@@H]1C=CC(=O)OCCF. The highest BCUT2D eigenvalue weighted by molar-refractivity contribution is 5.83. The van der Waals surface area contributed by atoms with Crippen molar-refractivity contribution in [1.82, 2.24) is 0 Å². The molecular weight excluding hydrogens is 413 g/mol. The van der Waals surface area contributed by atoms with E-state index in [0.717, 1.165) is 0 Å². The third-order valence-corrected chi connectivity index (χ3v) is 5.42. The molecule has 0 aliphatic heterocycles. The summed E-state index contributed by atoms with van der Waals surface area (Å²) in [5, 5.41) is 9.59. The molecule has 1 aliphatic rings. The van der Waals surface area contributed by atoms with Gasteiger partial charge < -0.3 is 14.2 Å². The highest BCUT2D eigenvalue weighted by Gasteiger charge is 2.61. The predicted octanol–water partition coefficient (Wildman–Crippen LogP) is 4.93. The van der Waals surface area contributed by atoms with Gasteiger partial charge >= 0.3 is 11.9 Å². The fourth-order valence-corrected chi connectivity index (χ4v) is 3.58. The van der Waals surface area contributed by atoms with Crippen LogP contribution >= 0.6 is 0 Å². The highest BCUT2D eigenvalue weighted by atomic mass is 19.1. The number of allylic oxidation sites excluding steroid dienone is 1. The van der Waals surface area contributed by atoms with Gasteiger partial charge in [0.2, 0.25) is 6.10 Å². The lowest BCUT2D eigenvalue weighted by Gasteiger charge is -2.13. The van der Waals surface area contributed by atoms with Gasteiger partial charge in [0.05, 0.1) is 5.92 Å². The van der Waals surface area contributed by atoms with Gasteiger partial charge in [0, 0.05) is 11.6 Å². The van der Waals surface area contributed by atoms with Crippen LogP contribution in [0.15, 0.2) is 66.7 Å². The Kier molecular flexibility index (Phi) is 7.26. The summed E-state index contributed by atoms with van der Waals surface area (Å²) in [4.78, 5) is 24.3. The van der Waals surface area contributed by atoms with Crippen molar-refractivity contribution >= 4 is 11.9 Å². The predicted molar refractivity (Wildman–Crippen MR) is 114 cm³/mol. The number of carbonyl (C=O) groups is 2. The van der Waals surface area contributed by atoms with Crippen molar-refractivity contribution in [2.24, 2.45) is 17.3 Å². The summed E-state index contributed by atoms with van der Waals surface area (Å²) in [5.74, 6) is -0.781. The molecule has 0 spiro atoms. The fraction of sp³-hybridized carbons (Fsp3) is 0.320. The molecule has 1 fully saturated rings. The van der Waals surface area contributed by atoms with Crippen LogP contribution in [-0.4, -0.2) is 25.2 Å². The van der Waals surface area contributed by atoms with Gasteiger partial charge in [-0.2, -0.15) is 5.26 Å². The first-order chi connectivity index (χ1) is 15.4. The number of halogens is 1. The van der Waals surface area contributed by atoms with Gasteiger partial charge in [-0.15, -0.1) is 0 Å². The molecule has 2 aromatic carbocycles. The van der Waals surface area contributed by atoms with Gasteiger partial charge in [-0.25, -0.2) is 9.18 Å². The monoisotopic (exact) mass is 437 g/mol. The zero-order chi connectivity index (χ0) is 23.1. The summed E-state index contributed by atoms with van der Waals surface area (Å²) in [5.41, 5.74) is 0.0568. The molecule has 0 heterocycles. The number of nitriles is 1. The van der Waals surface area contributed by atoms with E-state index in [9.17, 15) is 19.2 Å². The van der Waals surface area contributed by atoms with Gasteiger partial charge in [-0.3, -0.25) is 4.79 Å². The first-order valence-corrected chi connectivity index (χ1v) is 10.2. The molecule has 0 N–H and O–H groups in total. The molecule has 7 heteroatoms. The number of esters is 2. The molecule has 0 radical (unpaired) electrons. The number of hydrogen-bond donors (Lipinski definition) is 0. The molecule has 0 bridgehead atoms. The Labute approximate surface area is 186 Å². The number of ether oxygens (including phenoxy) is 3. The van der Waals surface area contributed by atoms with Crippen LogP contribution in [-0.2, 0) is 19.1 Å². The van der Waals surface area contributed by atoms with E-state index in [2.05, 4.69) is 4.74 Å². The molecule has 2 aromatic rings. The molecule has 0 unspecified atom stereocenters. The van der Waals surface area contributed by atoms with Crippen LogP contribution in [0.2, 0.25) is 0 Å². The molecule has 0 aromatic heterocycles. The molecule has 0 saturated heterocycles. The van der Waals surface area contributed by atoms with E-state index in [4.69, 9.17) is 9.47 Å². The van der Waals surface area contributed by atoms with Crippen LogP contribution in [0.25, 0.3) is 0 Å². The van der Waals surface area contributed by atoms with E-state index in [1.165, 1.54) is 6.08 Å². The second kappa shape index (κ2) is 10.1. The Bertz CT molecular complexity index is 1030. The third-order valence-electron chi connectivity index (χ3n) is 5.42. The maximum Gasteiger partial charge on any atom is 0.330 e. The summed E-state index contributed by atoms with van der Waals surface area (Å²) in [6, 6.07) is 18.0. The van der Waals surface area contributed by atoms with E-state index >= 15 is 0 Å². The number of para-hydroxylation sites is 1. The van der Waals surface area contributed by atoms with Gasteiger partial charge in [0.15, 0.2) is 0 Å². The fourth-order valence-electron chi connectivity index (χ4n) is 3.58. The molecule has 6 nitrogen and oxygen atoms in total. The van der Waals surface area contributed by atoms with Crippen LogP contribution in [0.4, 0.5) is 4.39 Å². The van der Waals surface area contributed by atoms with Crippen molar-refractivity contribution in [3.8, 4) is 17.6 Å². The van der Waals surface area contributed by atoms with E-state index in [-0.39, 0.29) is 12.5 Å². The normalized spacial score (nSPS) is 19.6. The van der Waals surface area contributed by atoms with Crippen LogP contribution < -0.4 is 4.74 Å². The summed E-state index contributed by atoms with van der Waals surface area (Å²) < 4.78 is 28.0. The molecule has 1 aliphatic carbocycles.